The molecule has 0 radical (unpaired) electrons. The summed E-state index contributed by atoms with van der Waals surface area (Å²) in [5.74, 6) is -0.613. The van der Waals surface area contributed by atoms with E-state index in [0.717, 1.165) is 0 Å². The highest BCUT2D eigenvalue weighted by molar-refractivity contribution is 7.88. The Bertz CT molecular complexity index is 1040. The first-order valence-electron chi connectivity index (χ1n) is 10.4. The van der Waals surface area contributed by atoms with E-state index in [2.05, 4.69) is 4.74 Å². The maximum absolute atomic E-state index is 12.7. The van der Waals surface area contributed by atoms with E-state index < -0.39 is 16.4 Å². The van der Waals surface area contributed by atoms with Gasteiger partial charge < -0.3 is 9.64 Å². The Morgan fingerprint density at radius 1 is 1.00 bits per heavy atom. The third-order valence-corrected chi connectivity index (χ3v) is 7.07. The number of nitrogens with zero attached hydrogens (tertiary/aromatic N) is 3. The molecule has 1 amide bonds. The van der Waals surface area contributed by atoms with E-state index in [4.69, 9.17) is 0 Å². The molecule has 2 aromatic rings. The van der Waals surface area contributed by atoms with Crippen LogP contribution in [0.2, 0.25) is 0 Å². The summed E-state index contributed by atoms with van der Waals surface area (Å²) in [5.41, 5.74) is 1.01. The summed E-state index contributed by atoms with van der Waals surface area (Å²) >= 11 is 0. The predicted octanol–water partition coefficient (Wildman–Crippen LogP) is 2.69. The van der Waals surface area contributed by atoms with Gasteiger partial charge in [0.2, 0.25) is 15.9 Å². The highest BCUT2D eigenvalue weighted by atomic mass is 32.2. The largest absolute Gasteiger partial charge is 0.573 e. The molecule has 1 aliphatic heterocycles. The van der Waals surface area contributed by atoms with Crippen LogP contribution in [0.1, 0.15) is 11.1 Å². The lowest BCUT2D eigenvalue weighted by atomic mass is 10.2. The number of benzene rings is 2. The van der Waals surface area contributed by atoms with Crippen molar-refractivity contribution in [3.63, 3.8) is 0 Å². The summed E-state index contributed by atoms with van der Waals surface area (Å²) in [7, 11) is -1.86. The van der Waals surface area contributed by atoms with Crippen LogP contribution in [0.5, 0.6) is 5.75 Å². The summed E-state index contributed by atoms with van der Waals surface area (Å²) in [6.45, 7) is 0.989. The third kappa shape index (κ3) is 7.44. The van der Waals surface area contributed by atoms with E-state index >= 15 is 0 Å². The molecule has 11 heteroatoms. The van der Waals surface area contributed by atoms with Crippen molar-refractivity contribution in [1.82, 2.24) is 14.1 Å². The lowest BCUT2D eigenvalue weighted by Crippen LogP contribution is -2.52. The van der Waals surface area contributed by atoms with Gasteiger partial charge >= 0.3 is 6.36 Å². The molecule has 1 aliphatic rings. The number of ether oxygens (including phenoxy) is 1. The van der Waals surface area contributed by atoms with Gasteiger partial charge in [0.1, 0.15) is 5.75 Å². The summed E-state index contributed by atoms with van der Waals surface area (Å²) in [4.78, 5) is 15.8. The molecule has 0 bridgehead atoms. The van der Waals surface area contributed by atoms with Crippen LogP contribution in [-0.2, 0) is 27.1 Å². The monoisotopic (exact) mass is 485 g/mol. The molecule has 2 aromatic carbocycles. The lowest BCUT2D eigenvalue weighted by Gasteiger charge is -2.35. The smallest absolute Gasteiger partial charge is 0.405 e. The van der Waals surface area contributed by atoms with Crippen LogP contribution in [-0.4, -0.2) is 74.6 Å². The first kappa shape index (κ1) is 25.0. The first-order valence-corrected chi connectivity index (χ1v) is 12.0. The van der Waals surface area contributed by atoms with Crippen molar-refractivity contribution in [3.05, 3.63) is 65.7 Å². The SMILES string of the molecule is CN(CC(=O)N1CCN(S(=O)(=O)Cc2ccccc2)CC1)Cc1ccccc1OC(F)(F)F. The average molecular weight is 486 g/mol. The van der Waals surface area contributed by atoms with Crippen LogP contribution in [0, 0.1) is 0 Å². The minimum absolute atomic E-state index is 0.0167. The van der Waals surface area contributed by atoms with Crippen LogP contribution in [0.4, 0.5) is 13.2 Å². The van der Waals surface area contributed by atoms with Gasteiger partial charge in [-0.3, -0.25) is 9.69 Å². The van der Waals surface area contributed by atoms with Gasteiger partial charge in [0.05, 0.1) is 12.3 Å². The molecule has 0 aromatic heterocycles. The Balaban J connectivity index is 1.51. The Morgan fingerprint density at radius 3 is 2.24 bits per heavy atom. The fourth-order valence-electron chi connectivity index (χ4n) is 3.63. The van der Waals surface area contributed by atoms with Gasteiger partial charge in [-0.05, 0) is 18.7 Å². The molecule has 1 fully saturated rings. The molecular weight excluding hydrogens is 459 g/mol. The molecule has 0 aliphatic carbocycles. The van der Waals surface area contributed by atoms with Crippen molar-refractivity contribution >= 4 is 15.9 Å². The normalized spacial score (nSPS) is 15.6. The second-order valence-corrected chi connectivity index (χ2v) is 9.82. The van der Waals surface area contributed by atoms with Crippen molar-refractivity contribution in [2.45, 2.75) is 18.7 Å². The van der Waals surface area contributed by atoms with Crippen LogP contribution in [0.3, 0.4) is 0 Å². The molecule has 7 nitrogen and oxygen atoms in total. The molecule has 180 valence electrons. The number of carbonyl (C=O) groups is 1. The van der Waals surface area contributed by atoms with Crippen molar-refractivity contribution in [3.8, 4) is 5.75 Å². The molecule has 3 rings (SSSR count). The van der Waals surface area contributed by atoms with Crippen molar-refractivity contribution in [1.29, 1.82) is 0 Å². The summed E-state index contributed by atoms with van der Waals surface area (Å²) in [6, 6.07) is 14.7. The van der Waals surface area contributed by atoms with Gasteiger partial charge in [-0.25, -0.2) is 8.42 Å². The van der Waals surface area contributed by atoms with Crippen LogP contribution >= 0.6 is 0 Å². The van der Waals surface area contributed by atoms with Gasteiger partial charge in [0.25, 0.3) is 0 Å². The number of sulfonamides is 1. The zero-order chi connectivity index (χ0) is 24.1. The minimum Gasteiger partial charge on any atom is -0.405 e. The Labute approximate surface area is 191 Å². The number of piperazine rings is 1. The molecular formula is C22H26F3N3O4S. The highest BCUT2D eigenvalue weighted by Gasteiger charge is 2.32. The first-order chi connectivity index (χ1) is 15.5. The van der Waals surface area contributed by atoms with Gasteiger partial charge in [-0.2, -0.15) is 4.31 Å². The topological polar surface area (TPSA) is 70.2 Å². The molecule has 0 atom stereocenters. The average Bonchev–Trinajstić information content (AvgIpc) is 2.74. The fraction of sp³-hybridized carbons (Fsp3) is 0.409. The molecule has 0 unspecified atom stereocenters. The van der Waals surface area contributed by atoms with E-state index in [0.29, 0.717) is 11.1 Å². The van der Waals surface area contributed by atoms with E-state index in [9.17, 15) is 26.4 Å². The lowest BCUT2D eigenvalue weighted by molar-refractivity contribution is -0.275. The second-order valence-electron chi connectivity index (χ2n) is 7.85. The van der Waals surface area contributed by atoms with Crippen LogP contribution < -0.4 is 4.74 Å². The molecule has 1 saturated heterocycles. The van der Waals surface area contributed by atoms with E-state index in [1.807, 2.05) is 6.07 Å². The van der Waals surface area contributed by atoms with Gasteiger partial charge in [-0.1, -0.05) is 48.5 Å². The number of amides is 1. The molecule has 33 heavy (non-hydrogen) atoms. The van der Waals surface area contributed by atoms with Gasteiger partial charge in [-0.15, -0.1) is 13.2 Å². The summed E-state index contributed by atoms with van der Waals surface area (Å²) < 4.78 is 68.6. The minimum atomic E-state index is -4.80. The van der Waals surface area contributed by atoms with Gasteiger partial charge in [0, 0.05) is 38.3 Å². The zero-order valence-electron chi connectivity index (χ0n) is 18.2. The quantitative estimate of drug-likeness (QED) is 0.575. The highest BCUT2D eigenvalue weighted by Crippen LogP contribution is 2.27. The zero-order valence-corrected chi connectivity index (χ0v) is 19.0. The maximum Gasteiger partial charge on any atom is 0.573 e. The number of likely N-dealkylation sites (N-methyl/N-ethyl adjacent to an activating group) is 1. The number of hydrogen-bond donors (Lipinski definition) is 0. The summed E-state index contributed by atoms with van der Waals surface area (Å²) in [5, 5.41) is 0. The number of para-hydroxylation sites is 1. The van der Waals surface area contributed by atoms with E-state index in [-0.39, 0.29) is 56.7 Å². The number of rotatable bonds is 8. The van der Waals surface area contributed by atoms with Crippen molar-refractivity contribution < 1.29 is 31.1 Å². The van der Waals surface area contributed by atoms with E-state index in [1.54, 1.807) is 47.2 Å². The Kier molecular flexibility index (Phi) is 7.98. The summed E-state index contributed by atoms with van der Waals surface area (Å²) in [6.07, 6.45) is -4.80. The molecule has 0 spiro atoms. The second kappa shape index (κ2) is 10.5. The van der Waals surface area contributed by atoms with Crippen LogP contribution in [0.15, 0.2) is 54.6 Å². The third-order valence-electron chi connectivity index (χ3n) is 5.22. The Morgan fingerprint density at radius 2 is 1.61 bits per heavy atom. The van der Waals surface area contributed by atoms with Gasteiger partial charge in [0.15, 0.2) is 0 Å². The standard InChI is InChI=1S/C22H26F3N3O4S/c1-26(15-19-9-5-6-10-20(19)32-22(23,24)25)16-21(29)27-11-13-28(14-12-27)33(30,31)17-18-7-3-2-4-8-18/h2-10H,11-17H2,1H3. The van der Waals surface area contributed by atoms with Crippen molar-refractivity contribution in [2.75, 3.05) is 39.8 Å². The fourth-order valence-corrected chi connectivity index (χ4v) is 5.14. The Hall–Kier alpha value is -2.63. The van der Waals surface area contributed by atoms with E-state index in [1.165, 1.54) is 22.5 Å². The molecule has 0 saturated carbocycles. The maximum atomic E-state index is 12.7. The van der Waals surface area contributed by atoms with Crippen LogP contribution in [0.25, 0.3) is 0 Å². The molecule has 0 N–H and O–H groups in total. The van der Waals surface area contributed by atoms with Crippen molar-refractivity contribution in [2.24, 2.45) is 0 Å². The number of halogens is 3. The number of carbonyl (C=O) groups excluding carboxylic acids is 1. The number of hydrogen-bond acceptors (Lipinski definition) is 5. The molecule has 1 heterocycles. The number of alkyl halides is 3. The predicted molar refractivity (Wildman–Crippen MR) is 117 cm³/mol.